The second kappa shape index (κ2) is 5.27. The van der Waals surface area contributed by atoms with Crippen molar-refractivity contribution in [3.05, 3.63) is 35.4 Å². The highest BCUT2D eigenvalue weighted by atomic mass is 32.1. The summed E-state index contributed by atoms with van der Waals surface area (Å²) in [6.07, 6.45) is 0.667. The quantitative estimate of drug-likeness (QED) is 0.805. The lowest BCUT2D eigenvalue weighted by Gasteiger charge is -2.28. The van der Waals surface area contributed by atoms with Crippen molar-refractivity contribution >= 4 is 23.1 Å². The molecule has 0 spiro atoms. The lowest BCUT2D eigenvalue weighted by molar-refractivity contribution is 0.0926. The van der Waals surface area contributed by atoms with Crippen LogP contribution in [-0.2, 0) is 0 Å². The number of aryl methyl sites for hydroxylation is 1. The van der Waals surface area contributed by atoms with Crippen molar-refractivity contribution in [3.8, 4) is 0 Å². The molecule has 1 atom stereocenters. The Kier molecular flexibility index (Phi) is 4.23. The zero-order valence-corrected chi connectivity index (χ0v) is 11.2. The summed E-state index contributed by atoms with van der Waals surface area (Å²) in [5.74, 6) is -0.147. The number of rotatable bonds is 4. The average molecular weight is 250 g/mol. The topological polar surface area (TPSA) is 55.1 Å². The van der Waals surface area contributed by atoms with Gasteiger partial charge >= 0.3 is 0 Å². The van der Waals surface area contributed by atoms with Gasteiger partial charge in [0, 0.05) is 5.56 Å². The molecule has 0 aliphatic rings. The lowest BCUT2D eigenvalue weighted by atomic mass is 9.98. The number of carbonyl (C=O) groups is 1. The van der Waals surface area contributed by atoms with E-state index in [0.29, 0.717) is 17.0 Å². The molecule has 3 N–H and O–H groups in total. The van der Waals surface area contributed by atoms with Gasteiger partial charge < -0.3 is 11.1 Å². The van der Waals surface area contributed by atoms with Crippen molar-refractivity contribution in [2.75, 3.05) is 0 Å². The van der Waals surface area contributed by atoms with Gasteiger partial charge in [0.15, 0.2) is 0 Å². The molecule has 0 saturated carbocycles. The molecule has 0 radical (unpaired) electrons. The standard InChI is InChI=1S/C13H18N2OS/c1-4-13(3,12(14)17)15-11(16)10-7-5-6-9(2)8-10/h5-8H,4H2,1-3H3,(H2,14,17)(H,15,16). The monoisotopic (exact) mass is 250 g/mol. The van der Waals surface area contributed by atoms with E-state index in [1.165, 1.54) is 0 Å². The Morgan fingerprint density at radius 1 is 1.53 bits per heavy atom. The van der Waals surface area contributed by atoms with Gasteiger partial charge in [-0.2, -0.15) is 0 Å². The maximum Gasteiger partial charge on any atom is 0.252 e. The summed E-state index contributed by atoms with van der Waals surface area (Å²) in [6, 6.07) is 7.42. The third-order valence-corrected chi connectivity index (χ3v) is 3.37. The number of thiocarbonyl (C=S) groups is 1. The molecule has 0 saturated heterocycles. The second-order valence-electron chi connectivity index (χ2n) is 4.37. The molecule has 1 rings (SSSR count). The fourth-order valence-electron chi connectivity index (χ4n) is 1.43. The SMILES string of the molecule is CCC(C)(NC(=O)c1cccc(C)c1)C(N)=S. The summed E-state index contributed by atoms with van der Waals surface area (Å²) in [5.41, 5.74) is 6.70. The largest absolute Gasteiger partial charge is 0.391 e. The minimum absolute atomic E-state index is 0.147. The highest BCUT2D eigenvalue weighted by Gasteiger charge is 2.27. The van der Waals surface area contributed by atoms with E-state index in [4.69, 9.17) is 18.0 Å². The first kappa shape index (κ1) is 13.6. The Labute approximate surface area is 107 Å². The van der Waals surface area contributed by atoms with Gasteiger partial charge in [-0.25, -0.2) is 0 Å². The normalized spacial score (nSPS) is 13.8. The van der Waals surface area contributed by atoms with E-state index in [9.17, 15) is 4.79 Å². The molecule has 17 heavy (non-hydrogen) atoms. The smallest absolute Gasteiger partial charge is 0.252 e. The molecular weight excluding hydrogens is 232 g/mol. The van der Waals surface area contributed by atoms with Gasteiger partial charge in [-0.3, -0.25) is 4.79 Å². The molecule has 0 bridgehead atoms. The number of hydrogen-bond donors (Lipinski definition) is 2. The molecule has 0 aliphatic carbocycles. The van der Waals surface area contributed by atoms with Gasteiger partial charge in [0.05, 0.1) is 10.5 Å². The van der Waals surface area contributed by atoms with Crippen LogP contribution in [0.25, 0.3) is 0 Å². The molecule has 1 aromatic carbocycles. The van der Waals surface area contributed by atoms with E-state index in [1.54, 1.807) is 6.07 Å². The molecular formula is C13H18N2OS. The Morgan fingerprint density at radius 2 is 2.18 bits per heavy atom. The molecule has 0 fully saturated rings. The fourth-order valence-corrected chi connectivity index (χ4v) is 1.63. The number of nitrogens with two attached hydrogens (primary N) is 1. The summed E-state index contributed by atoms with van der Waals surface area (Å²) < 4.78 is 0. The van der Waals surface area contributed by atoms with Gasteiger partial charge in [0.2, 0.25) is 0 Å². The van der Waals surface area contributed by atoms with Crippen LogP contribution in [0, 0.1) is 6.92 Å². The van der Waals surface area contributed by atoms with Crippen molar-refractivity contribution < 1.29 is 4.79 Å². The molecule has 0 aliphatic heterocycles. The summed E-state index contributed by atoms with van der Waals surface area (Å²) in [4.78, 5) is 12.4. The molecule has 0 heterocycles. The highest BCUT2D eigenvalue weighted by Crippen LogP contribution is 2.12. The fraction of sp³-hybridized carbons (Fsp3) is 0.385. The van der Waals surface area contributed by atoms with E-state index >= 15 is 0 Å². The summed E-state index contributed by atoms with van der Waals surface area (Å²) >= 11 is 4.99. The van der Waals surface area contributed by atoms with Crippen molar-refractivity contribution in [1.82, 2.24) is 5.32 Å². The Hall–Kier alpha value is -1.42. The van der Waals surface area contributed by atoms with Crippen molar-refractivity contribution in [1.29, 1.82) is 0 Å². The second-order valence-corrected chi connectivity index (χ2v) is 4.81. The first-order valence-corrected chi connectivity index (χ1v) is 5.99. The van der Waals surface area contributed by atoms with Gasteiger partial charge in [-0.05, 0) is 32.4 Å². The molecule has 4 heteroatoms. The number of benzene rings is 1. The van der Waals surface area contributed by atoms with E-state index in [2.05, 4.69) is 5.32 Å². The van der Waals surface area contributed by atoms with E-state index in [-0.39, 0.29) is 5.91 Å². The van der Waals surface area contributed by atoms with E-state index < -0.39 is 5.54 Å². The number of hydrogen-bond acceptors (Lipinski definition) is 2. The van der Waals surface area contributed by atoms with Crippen molar-refractivity contribution in [2.45, 2.75) is 32.7 Å². The minimum Gasteiger partial charge on any atom is -0.391 e. The van der Waals surface area contributed by atoms with Crippen LogP contribution >= 0.6 is 12.2 Å². The number of carbonyl (C=O) groups excluding carboxylic acids is 1. The van der Waals surface area contributed by atoms with Crippen LogP contribution in [0.15, 0.2) is 24.3 Å². The lowest BCUT2D eigenvalue weighted by Crippen LogP contribution is -2.54. The van der Waals surface area contributed by atoms with Gasteiger partial charge in [0.1, 0.15) is 0 Å². The maximum atomic E-state index is 12.0. The van der Waals surface area contributed by atoms with Crippen LogP contribution in [0.5, 0.6) is 0 Å². The third-order valence-electron chi connectivity index (χ3n) is 2.92. The number of amides is 1. The van der Waals surface area contributed by atoms with Crippen LogP contribution in [0.4, 0.5) is 0 Å². The average Bonchev–Trinajstić information content (AvgIpc) is 2.28. The third kappa shape index (κ3) is 3.27. The van der Waals surface area contributed by atoms with Crippen molar-refractivity contribution in [2.24, 2.45) is 5.73 Å². The molecule has 0 aromatic heterocycles. The van der Waals surface area contributed by atoms with Gasteiger partial charge in [-0.15, -0.1) is 0 Å². The Morgan fingerprint density at radius 3 is 2.65 bits per heavy atom. The summed E-state index contributed by atoms with van der Waals surface area (Å²) in [5, 5.41) is 2.88. The predicted octanol–water partition coefficient (Wildman–Crippen LogP) is 2.18. The zero-order chi connectivity index (χ0) is 13.1. The summed E-state index contributed by atoms with van der Waals surface area (Å²) in [6.45, 7) is 5.72. The predicted molar refractivity (Wildman–Crippen MR) is 74.1 cm³/mol. The highest BCUT2D eigenvalue weighted by molar-refractivity contribution is 7.80. The Balaban J connectivity index is 2.89. The maximum absolute atomic E-state index is 12.0. The Bertz CT molecular complexity index is 445. The van der Waals surface area contributed by atoms with Gasteiger partial charge in [-0.1, -0.05) is 36.8 Å². The van der Waals surface area contributed by atoms with Crippen molar-refractivity contribution in [3.63, 3.8) is 0 Å². The first-order chi connectivity index (χ1) is 7.89. The van der Waals surface area contributed by atoms with Crippen LogP contribution in [0.1, 0.15) is 36.2 Å². The minimum atomic E-state index is -0.629. The summed E-state index contributed by atoms with van der Waals surface area (Å²) in [7, 11) is 0. The molecule has 1 aromatic rings. The van der Waals surface area contributed by atoms with Crippen LogP contribution in [-0.4, -0.2) is 16.4 Å². The zero-order valence-electron chi connectivity index (χ0n) is 10.4. The first-order valence-electron chi connectivity index (χ1n) is 5.58. The molecule has 1 amide bonds. The number of nitrogens with one attached hydrogen (secondary N) is 1. The van der Waals surface area contributed by atoms with E-state index in [0.717, 1.165) is 5.56 Å². The van der Waals surface area contributed by atoms with E-state index in [1.807, 2.05) is 39.0 Å². The van der Waals surface area contributed by atoms with Crippen LogP contribution < -0.4 is 11.1 Å². The molecule has 3 nitrogen and oxygen atoms in total. The van der Waals surface area contributed by atoms with Gasteiger partial charge in [0.25, 0.3) is 5.91 Å². The molecule has 1 unspecified atom stereocenters. The van der Waals surface area contributed by atoms with Crippen LogP contribution in [0.3, 0.4) is 0 Å². The van der Waals surface area contributed by atoms with Crippen LogP contribution in [0.2, 0.25) is 0 Å². The molecule has 92 valence electrons.